The Labute approximate surface area is 219 Å². The molecular formula is C28H23F4N5O2. The van der Waals surface area contributed by atoms with Crippen LogP contribution in [-0.4, -0.2) is 14.3 Å². The Hall–Kier alpha value is -4.46. The third kappa shape index (κ3) is 4.46. The first-order valence-electron chi connectivity index (χ1n) is 12.2. The normalized spacial score (nSPS) is 15.1. The number of hydrogen-bond acceptors (Lipinski definition) is 5. The van der Waals surface area contributed by atoms with Crippen LogP contribution in [0.5, 0.6) is 0 Å². The second kappa shape index (κ2) is 9.08. The maximum Gasteiger partial charge on any atom is 0.419 e. The van der Waals surface area contributed by atoms with Gasteiger partial charge in [-0.25, -0.2) is 9.07 Å². The minimum atomic E-state index is -4.87. The van der Waals surface area contributed by atoms with Crippen molar-refractivity contribution in [3.8, 4) is 17.2 Å². The minimum absolute atomic E-state index is 0.0573. The quantitative estimate of drug-likeness (QED) is 0.341. The molecule has 1 aliphatic rings. The van der Waals surface area contributed by atoms with E-state index in [-0.39, 0.29) is 27.7 Å². The molecule has 0 unspecified atom stereocenters. The zero-order valence-corrected chi connectivity index (χ0v) is 21.2. The van der Waals surface area contributed by atoms with Crippen LogP contribution < -0.4 is 16.4 Å². The van der Waals surface area contributed by atoms with Gasteiger partial charge in [-0.15, -0.1) is 0 Å². The monoisotopic (exact) mass is 537 g/mol. The molecule has 5 rings (SSSR count). The maximum absolute atomic E-state index is 14.9. The number of alkyl halides is 3. The summed E-state index contributed by atoms with van der Waals surface area (Å²) in [5.74, 6) is -1.30. The number of hydrogen-bond donors (Lipinski definition) is 1. The molecule has 0 amide bonds. The second-order valence-corrected chi connectivity index (χ2v) is 10.0. The van der Waals surface area contributed by atoms with E-state index in [0.29, 0.717) is 17.2 Å². The molecule has 2 heterocycles. The van der Waals surface area contributed by atoms with E-state index < -0.39 is 40.3 Å². The van der Waals surface area contributed by atoms with Crippen LogP contribution >= 0.6 is 0 Å². The molecule has 1 aliphatic carbocycles. The predicted octanol–water partition coefficient (Wildman–Crippen LogP) is 5.47. The van der Waals surface area contributed by atoms with Gasteiger partial charge in [0.1, 0.15) is 5.82 Å². The van der Waals surface area contributed by atoms with E-state index in [2.05, 4.69) is 10.4 Å². The van der Waals surface area contributed by atoms with Gasteiger partial charge >= 0.3 is 6.18 Å². The SMILES string of the molecule is C[C@@H](Nc1nn(C)c(=O)c2c(-c3ccc(C#N)cc3)c(=O)n(C3(C)CC3)cc12)c1cccc(C(F)(F)F)c1F. The molecule has 1 atom stereocenters. The summed E-state index contributed by atoms with van der Waals surface area (Å²) in [7, 11) is 1.39. The van der Waals surface area contributed by atoms with Crippen LogP contribution in [0.2, 0.25) is 0 Å². The van der Waals surface area contributed by atoms with Crippen molar-refractivity contribution >= 4 is 16.6 Å². The zero-order chi connectivity index (χ0) is 28.3. The summed E-state index contributed by atoms with van der Waals surface area (Å²) < 4.78 is 57.4. The fourth-order valence-corrected chi connectivity index (χ4v) is 4.72. The molecule has 0 radical (unpaired) electrons. The molecule has 2 aromatic carbocycles. The first kappa shape index (κ1) is 26.2. The molecular weight excluding hydrogens is 514 g/mol. The van der Waals surface area contributed by atoms with Crippen LogP contribution in [0.1, 0.15) is 49.4 Å². The second-order valence-electron chi connectivity index (χ2n) is 10.0. The highest BCUT2D eigenvalue weighted by atomic mass is 19.4. The van der Waals surface area contributed by atoms with E-state index in [4.69, 9.17) is 0 Å². The molecule has 200 valence electrons. The van der Waals surface area contributed by atoms with Crippen LogP contribution in [0, 0.1) is 17.1 Å². The summed E-state index contributed by atoms with van der Waals surface area (Å²) in [6, 6.07) is 10.3. The summed E-state index contributed by atoms with van der Waals surface area (Å²) in [5, 5.41) is 16.8. The number of nitrogens with zero attached hydrogens (tertiary/aromatic N) is 4. The number of rotatable bonds is 5. The van der Waals surface area contributed by atoms with Crippen LogP contribution in [0.4, 0.5) is 23.4 Å². The highest BCUT2D eigenvalue weighted by Gasteiger charge is 2.41. The number of nitrogens with one attached hydrogen (secondary N) is 1. The van der Waals surface area contributed by atoms with Crippen molar-refractivity contribution in [2.45, 2.75) is 44.4 Å². The predicted molar refractivity (Wildman–Crippen MR) is 138 cm³/mol. The third-order valence-electron chi connectivity index (χ3n) is 7.23. The van der Waals surface area contributed by atoms with E-state index >= 15 is 0 Å². The lowest BCUT2D eigenvalue weighted by Gasteiger charge is -2.22. The lowest BCUT2D eigenvalue weighted by molar-refractivity contribution is -0.140. The van der Waals surface area contributed by atoms with Gasteiger partial charge in [0.2, 0.25) is 0 Å². The summed E-state index contributed by atoms with van der Waals surface area (Å²) in [4.78, 5) is 27.2. The standard InChI is InChI=1S/C28H23F4N5O2/c1-15(18-5-4-6-20(23(18)29)28(30,31)32)34-24-19-14-37(27(2)11-12-27)26(39)21(22(19)25(38)36(3)35-24)17-9-7-16(13-33)8-10-17/h4-10,14-15H,11-12H2,1-3H3,(H,34,35)/t15-/m1/s1. The van der Waals surface area contributed by atoms with Gasteiger partial charge in [-0.2, -0.15) is 23.5 Å². The molecule has 1 saturated carbocycles. The fourth-order valence-electron chi connectivity index (χ4n) is 4.72. The summed E-state index contributed by atoms with van der Waals surface area (Å²) >= 11 is 0. The van der Waals surface area contributed by atoms with E-state index in [9.17, 15) is 32.4 Å². The van der Waals surface area contributed by atoms with Crippen molar-refractivity contribution in [1.29, 1.82) is 5.26 Å². The lowest BCUT2D eigenvalue weighted by Crippen LogP contribution is -2.32. The van der Waals surface area contributed by atoms with Crippen LogP contribution in [0.3, 0.4) is 0 Å². The Morgan fingerprint density at radius 1 is 1.10 bits per heavy atom. The summed E-state index contributed by atoms with van der Waals surface area (Å²) in [5.41, 5.74) is -2.13. The average molecular weight is 538 g/mol. The van der Waals surface area contributed by atoms with Crippen molar-refractivity contribution in [3.63, 3.8) is 0 Å². The van der Waals surface area contributed by atoms with Crippen molar-refractivity contribution in [3.05, 3.63) is 91.9 Å². The summed E-state index contributed by atoms with van der Waals surface area (Å²) in [6.07, 6.45) is -1.87. The molecule has 2 aromatic heterocycles. The van der Waals surface area contributed by atoms with Gasteiger partial charge in [-0.1, -0.05) is 24.3 Å². The number of aromatic nitrogens is 3. The molecule has 1 N–H and O–H groups in total. The van der Waals surface area contributed by atoms with E-state index in [0.717, 1.165) is 23.6 Å². The van der Waals surface area contributed by atoms with Gasteiger partial charge in [0.15, 0.2) is 5.82 Å². The summed E-state index contributed by atoms with van der Waals surface area (Å²) in [6.45, 7) is 3.39. The van der Waals surface area contributed by atoms with E-state index in [1.807, 2.05) is 13.0 Å². The van der Waals surface area contributed by atoms with Gasteiger partial charge < -0.3 is 9.88 Å². The first-order valence-corrected chi connectivity index (χ1v) is 12.2. The number of pyridine rings is 1. The van der Waals surface area contributed by atoms with Gasteiger partial charge in [-0.05, 0) is 50.5 Å². The van der Waals surface area contributed by atoms with Gasteiger partial charge in [0.25, 0.3) is 11.1 Å². The lowest BCUT2D eigenvalue weighted by atomic mass is 9.99. The fraction of sp³-hybridized carbons (Fsp3) is 0.286. The Balaban J connectivity index is 1.75. The highest BCUT2D eigenvalue weighted by molar-refractivity contribution is 6.00. The minimum Gasteiger partial charge on any atom is -0.361 e. The Bertz CT molecular complexity index is 1780. The first-order chi connectivity index (χ1) is 18.4. The molecule has 11 heteroatoms. The number of benzene rings is 2. The Morgan fingerprint density at radius 3 is 2.36 bits per heavy atom. The Morgan fingerprint density at radius 2 is 1.77 bits per heavy atom. The molecule has 0 spiro atoms. The average Bonchev–Trinajstić information content (AvgIpc) is 3.64. The molecule has 0 aliphatic heterocycles. The number of anilines is 1. The van der Waals surface area contributed by atoms with Crippen LogP contribution in [0.25, 0.3) is 21.9 Å². The van der Waals surface area contributed by atoms with E-state index in [1.165, 1.54) is 26.2 Å². The topological polar surface area (TPSA) is 92.7 Å². The van der Waals surface area contributed by atoms with Gasteiger partial charge in [0.05, 0.1) is 34.2 Å². The van der Waals surface area contributed by atoms with Crippen molar-refractivity contribution in [2.24, 2.45) is 7.05 Å². The largest absolute Gasteiger partial charge is 0.419 e. The van der Waals surface area contributed by atoms with Crippen LogP contribution in [0.15, 0.2) is 58.3 Å². The Kier molecular flexibility index (Phi) is 6.09. The van der Waals surface area contributed by atoms with Gasteiger partial charge in [0, 0.05) is 29.7 Å². The molecule has 4 aromatic rings. The molecule has 0 bridgehead atoms. The third-order valence-corrected chi connectivity index (χ3v) is 7.23. The van der Waals surface area contributed by atoms with Crippen molar-refractivity contribution < 1.29 is 17.6 Å². The number of aryl methyl sites for hydroxylation is 1. The number of halogens is 4. The molecule has 1 fully saturated rings. The van der Waals surface area contributed by atoms with Crippen molar-refractivity contribution in [1.82, 2.24) is 14.3 Å². The highest BCUT2D eigenvalue weighted by Crippen LogP contribution is 2.43. The maximum atomic E-state index is 14.9. The molecule has 39 heavy (non-hydrogen) atoms. The smallest absolute Gasteiger partial charge is 0.361 e. The number of nitriles is 1. The zero-order valence-electron chi connectivity index (χ0n) is 21.2. The van der Waals surface area contributed by atoms with E-state index in [1.54, 1.807) is 28.8 Å². The van der Waals surface area contributed by atoms with Crippen LogP contribution in [-0.2, 0) is 18.8 Å². The number of fused-ring (bicyclic) bond motifs is 1. The van der Waals surface area contributed by atoms with Crippen molar-refractivity contribution in [2.75, 3.05) is 5.32 Å². The molecule has 0 saturated heterocycles. The molecule has 7 nitrogen and oxygen atoms in total. The van der Waals surface area contributed by atoms with Gasteiger partial charge in [-0.3, -0.25) is 9.59 Å².